The molecule has 0 radical (unpaired) electrons. The van der Waals surface area contributed by atoms with Gasteiger partial charge in [-0.1, -0.05) is 0 Å². The number of nitrogens with zero attached hydrogens (tertiary/aromatic N) is 5. The van der Waals surface area contributed by atoms with Crippen LogP contribution in [0.15, 0.2) is 37.1 Å². The van der Waals surface area contributed by atoms with Gasteiger partial charge in [0.2, 0.25) is 0 Å². The summed E-state index contributed by atoms with van der Waals surface area (Å²) in [7, 11) is 5.66. The van der Waals surface area contributed by atoms with E-state index in [0.29, 0.717) is 24.0 Å². The van der Waals surface area contributed by atoms with E-state index >= 15 is 0 Å². The molecule has 0 saturated carbocycles. The van der Waals surface area contributed by atoms with Crippen LogP contribution in [-0.2, 0) is 4.74 Å². The highest BCUT2D eigenvalue weighted by Gasteiger charge is 2.31. The molecule has 0 aliphatic carbocycles. The van der Waals surface area contributed by atoms with Crippen LogP contribution in [0, 0.1) is 0 Å². The Kier molecular flexibility index (Phi) is 4.92. The van der Waals surface area contributed by atoms with Crippen molar-refractivity contribution in [3.05, 3.63) is 42.6 Å². The van der Waals surface area contributed by atoms with Gasteiger partial charge in [0.1, 0.15) is 12.1 Å². The first kappa shape index (κ1) is 16.6. The molecule has 128 valence electrons. The number of likely N-dealkylation sites (N-methyl/N-ethyl adjacent to an activating group) is 2. The molecule has 0 aromatic carbocycles. The molecule has 0 N–H and O–H groups in total. The molecule has 2 aromatic rings. The van der Waals surface area contributed by atoms with Gasteiger partial charge in [-0.15, -0.1) is 0 Å². The number of methoxy groups -OCH3 is 1. The van der Waals surface area contributed by atoms with Crippen LogP contribution in [0.1, 0.15) is 16.8 Å². The fourth-order valence-electron chi connectivity index (χ4n) is 3.12. The highest BCUT2D eigenvalue weighted by molar-refractivity contribution is 5.94. The molecule has 1 aliphatic heterocycles. The van der Waals surface area contributed by atoms with Gasteiger partial charge < -0.3 is 9.64 Å². The lowest BCUT2D eigenvalue weighted by Crippen LogP contribution is -2.39. The number of hydrogen-bond acceptors (Lipinski definition) is 5. The maximum absolute atomic E-state index is 12.7. The van der Waals surface area contributed by atoms with Crippen LogP contribution in [0.5, 0.6) is 0 Å². The van der Waals surface area contributed by atoms with E-state index in [1.165, 1.54) is 0 Å². The smallest absolute Gasteiger partial charge is 0.253 e. The van der Waals surface area contributed by atoms with Gasteiger partial charge in [-0.2, -0.15) is 0 Å². The van der Waals surface area contributed by atoms with Crippen molar-refractivity contribution in [3.8, 4) is 5.82 Å². The lowest BCUT2D eigenvalue weighted by atomic mass is 10.1. The number of carbonyl (C=O) groups excluding carboxylic acids is 1. The average molecular weight is 329 g/mol. The number of carbonyl (C=O) groups is 1. The van der Waals surface area contributed by atoms with Crippen LogP contribution in [0.3, 0.4) is 0 Å². The number of aromatic nitrogens is 3. The largest absolute Gasteiger partial charge is 0.380 e. The molecule has 3 heterocycles. The summed E-state index contributed by atoms with van der Waals surface area (Å²) in [4.78, 5) is 25.1. The normalized spacial score (nSPS) is 21.1. The van der Waals surface area contributed by atoms with Crippen LogP contribution in [0.2, 0.25) is 0 Å². The molecular formula is C17H23N5O2. The second-order valence-corrected chi connectivity index (χ2v) is 6.25. The van der Waals surface area contributed by atoms with Crippen LogP contribution >= 0.6 is 0 Å². The van der Waals surface area contributed by atoms with E-state index in [1.807, 2.05) is 7.05 Å². The van der Waals surface area contributed by atoms with Crippen LogP contribution in [0.4, 0.5) is 0 Å². The molecule has 7 nitrogen and oxygen atoms in total. The molecule has 1 amide bonds. The van der Waals surface area contributed by atoms with Crippen molar-refractivity contribution < 1.29 is 9.53 Å². The van der Waals surface area contributed by atoms with Crippen LogP contribution in [0.25, 0.3) is 5.82 Å². The molecule has 1 aliphatic rings. The van der Waals surface area contributed by atoms with Gasteiger partial charge in [-0.3, -0.25) is 14.3 Å². The summed E-state index contributed by atoms with van der Waals surface area (Å²) in [6, 6.07) is 3.85. The summed E-state index contributed by atoms with van der Waals surface area (Å²) >= 11 is 0. The Bertz CT molecular complexity index is 688. The Morgan fingerprint density at radius 1 is 1.46 bits per heavy atom. The first-order valence-corrected chi connectivity index (χ1v) is 8.01. The third kappa shape index (κ3) is 3.47. The minimum absolute atomic E-state index is 0.00645. The van der Waals surface area contributed by atoms with Gasteiger partial charge in [-0.05, 0) is 25.6 Å². The highest BCUT2D eigenvalue weighted by Crippen LogP contribution is 2.19. The van der Waals surface area contributed by atoms with Gasteiger partial charge in [0.25, 0.3) is 5.91 Å². The molecule has 0 spiro atoms. The predicted molar refractivity (Wildman–Crippen MR) is 90.2 cm³/mol. The average Bonchev–Trinajstić information content (AvgIpc) is 3.24. The van der Waals surface area contributed by atoms with Gasteiger partial charge in [0.15, 0.2) is 0 Å². The number of likely N-dealkylation sites (tertiary alicyclic amines) is 1. The fourth-order valence-corrected chi connectivity index (χ4v) is 3.12. The summed E-state index contributed by atoms with van der Waals surface area (Å²) < 4.78 is 7.22. The third-order valence-electron chi connectivity index (χ3n) is 4.58. The summed E-state index contributed by atoms with van der Waals surface area (Å²) in [5.41, 5.74) is 0.625. The van der Waals surface area contributed by atoms with Crippen molar-refractivity contribution in [2.75, 3.05) is 34.3 Å². The van der Waals surface area contributed by atoms with Gasteiger partial charge in [0.05, 0.1) is 6.10 Å². The van der Waals surface area contributed by atoms with E-state index in [2.05, 4.69) is 21.9 Å². The van der Waals surface area contributed by atoms with Crippen LogP contribution < -0.4 is 0 Å². The zero-order chi connectivity index (χ0) is 17.1. The lowest BCUT2D eigenvalue weighted by molar-refractivity contribution is 0.0760. The van der Waals surface area contributed by atoms with Crippen molar-refractivity contribution in [1.29, 1.82) is 0 Å². The van der Waals surface area contributed by atoms with E-state index in [-0.39, 0.29) is 12.0 Å². The fraction of sp³-hybridized carbons (Fsp3) is 0.471. The van der Waals surface area contributed by atoms with Gasteiger partial charge >= 0.3 is 0 Å². The molecule has 2 atom stereocenters. The number of rotatable bonds is 5. The number of imidazole rings is 1. The van der Waals surface area contributed by atoms with Gasteiger partial charge in [-0.25, -0.2) is 9.97 Å². The SMILES string of the molecule is CO[C@H]1C[C@@H](CN(C)C(=O)c2ccnc(-n3ccnc3)c2)N(C)C1. The lowest BCUT2D eigenvalue weighted by Gasteiger charge is -2.25. The van der Waals surface area contributed by atoms with Crippen molar-refractivity contribution in [1.82, 2.24) is 24.3 Å². The molecular weight excluding hydrogens is 306 g/mol. The molecule has 24 heavy (non-hydrogen) atoms. The van der Waals surface area contributed by atoms with Crippen molar-refractivity contribution in [3.63, 3.8) is 0 Å². The summed E-state index contributed by atoms with van der Waals surface area (Å²) in [6.07, 6.45) is 8.00. The Balaban J connectivity index is 1.69. The second-order valence-electron chi connectivity index (χ2n) is 6.25. The monoisotopic (exact) mass is 329 g/mol. The summed E-state index contributed by atoms with van der Waals surface area (Å²) in [5.74, 6) is 0.678. The van der Waals surface area contributed by atoms with E-state index in [4.69, 9.17) is 4.74 Å². The standard InChI is InChI=1S/C17H23N5O2/c1-20-11-15(24-3)9-14(20)10-21(2)17(23)13-4-5-19-16(8-13)22-7-6-18-12-22/h4-8,12,14-15H,9-11H2,1-3H3/t14-,15-/m0/s1. The maximum Gasteiger partial charge on any atom is 0.253 e. The Morgan fingerprint density at radius 2 is 2.29 bits per heavy atom. The summed E-state index contributed by atoms with van der Waals surface area (Å²) in [5, 5.41) is 0. The van der Waals surface area contributed by atoms with E-state index < -0.39 is 0 Å². The molecule has 1 saturated heterocycles. The minimum Gasteiger partial charge on any atom is -0.380 e. The molecule has 1 fully saturated rings. The number of ether oxygens (including phenoxy) is 1. The maximum atomic E-state index is 12.7. The predicted octanol–water partition coefficient (Wildman–Crippen LogP) is 1.06. The molecule has 0 unspecified atom stereocenters. The number of hydrogen-bond donors (Lipinski definition) is 0. The zero-order valence-electron chi connectivity index (χ0n) is 14.3. The van der Waals surface area contributed by atoms with Gasteiger partial charge in [0, 0.05) is 57.4 Å². The van der Waals surface area contributed by atoms with E-state index in [1.54, 1.807) is 53.6 Å². The van der Waals surface area contributed by atoms with Crippen molar-refractivity contribution in [2.45, 2.75) is 18.6 Å². The zero-order valence-corrected chi connectivity index (χ0v) is 14.3. The number of pyridine rings is 1. The first-order valence-electron chi connectivity index (χ1n) is 8.01. The Hall–Kier alpha value is -2.25. The summed E-state index contributed by atoms with van der Waals surface area (Å²) in [6.45, 7) is 1.58. The van der Waals surface area contributed by atoms with Crippen molar-refractivity contribution >= 4 is 5.91 Å². The van der Waals surface area contributed by atoms with E-state index in [9.17, 15) is 4.79 Å². The molecule has 3 rings (SSSR count). The molecule has 2 aromatic heterocycles. The quantitative estimate of drug-likeness (QED) is 0.821. The third-order valence-corrected chi connectivity index (χ3v) is 4.58. The molecule has 7 heteroatoms. The minimum atomic E-state index is -0.00645. The first-order chi connectivity index (χ1) is 11.6. The van der Waals surface area contributed by atoms with Crippen LogP contribution in [-0.4, -0.2) is 76.7 Å². The molecule has 0 bridgehead atoms. The Morgan fingerprint density at radius 3 is 2.96 bits per heavy atom. The highest BCUT2D eigenvalue weighted by atomic mass is 16.5. The van der Waals surface area contributed by atoms with E-state index in [0.717, 1.165) is 13.0 Å². The Labute approximate surface area is 141 Å². The number of amides is 1. The topological polar surface area (TPSA) is 63.5 Å². The second kappa shape index (κ2) is 7.11. The van der Waals surface area contributed by atoms with Crippen molar-refractivity contribution in [2.24, 2.45) is 0 Å².